The first-order valence-corrected chi connectivity index (χ1v) is 6.48. The maximum atomic E-state index is 9.12. The van der Waals surface area contributed by atoms with Gasteiger partial charge in [0.05, 0.1) is 17.7 Å². The third kappa shape index (κ3) is 2.98. The number of nitrogens with zero attached hydrogens (tertiary/aromatic N) is 2. The molecule has 2 aromatic rings. The first kappa shape index (κ1) is 13.7. The molecule has 0 bridgehead atoms. The number of halogens is 2. The van der Waals surface area contributed by atoms with Crippen LogP contribution in [0.3, 0.4) is 0 Å². The third-order valence-electron chi connectivity index (χ3n) is 2.42. The molecule has 0 aliphatic heterocycles. The Morgan fingerprint density at radius 1 is 1.47 bits per heavy atom. The molecule has 0 aliphatic carbocycles. The Labute approximate surface area is 124 Å². The maximum absolute atomic E-state index is 9.12. The number of para-hydroxylation sites is 1. The number of rotatable bonds is 3. The standard InChI is InChI=1S/C13H9BrClN3O/c1-19-11-4-2-3-8(6-16)12(11)18-13-10(15)5-9(14)7-17-13/h2-5,7H,1H3,(H,17,18). The highest BCUT2D eigenvalue weighted by molar-refractivity contribution is 9.10. The minimum absolute atomic E-state index is 0.448. The highest BCUT2D eigenvalue weighted by Crippen LogP contribution is 2.33. The van der Waals surface area contributed by atoms with E-state index in [0.717, 1.165) is 4.47 Å². The molecule has 0 amide bonds. The van der Waals surface area contributed by atoms with Crippen molar-refractivity contribution in [1.82, 2.24) is 4.98 Å². The van der Waals surface area contributed by atoms with Crippen LogP contribution in [0.15, 0.2) is 34.9 Å². The lowest BCUT2D eigenvalue weighted by Gasteiger charge is -2.12. The van der Waals surface area contributed by atoms with E-state index in [1.54, 1.807) is 30.5 Å². The van der Waals surface area contributed by atoms with Gasteiger partial charge in [-0.25, -0.2) is 4.98 Å². The Morgan fingerprint density at radius 3 is 2.89 bits per heavy atom. The molecule has 96 valence electrons. The van der Waals surface area contributed by atoms with Crippen LogP contribution >= 0.6 is 27.5 Å². The van der Waals surface area contributed by atoms with Gasteiger partial charge in [-0.2, -0.15) is 5.26 Å². The van der Waals surface area contributed by atoms with Crippen molar-refractivity contribution >= 4 is 39.0 Å². The highest BCUT2D eigenvalue weighted by atomic mass is 79.9. The van der Waals surface area contributed by atoms with Gasteiger partial charge in [-0.15, -0.1) is 0 Å². The molecule has 1 aromatic heterocycles. The topological polar surface area (TPSA) is 57.9 Å². The van der Waals surface area contributed by atoms with Crippen molar-refractivity contribution in [3.8, 4) is 11.8 Å². The highest BCUT2D eigenvalue weighted by Gasteiger charge is 2.11. The van der Waals surface area contributed by atoms with Gasteiger partial charge in [0.15, 0.2) is 0 Å². The number of hydrogen-bond acceptors (Lipinski definition) is 4. The summed E-state index contributed by atoms with van der Waals surface area (Å²) < 4.78 is 6.01. The summed E-state index contributed by atoms with van der Waals surface area (Å²) in [5.41, 5.74) is 1.00. The molecular weight excluding hydrogens is 330 g/mol. The number of hydrogen-bond donors (Lipinski definition) is 1. The lowest BCUT2D eigenvalue weighted by Crippen LogP contribution is -1.99. The fourth-order valence-corrected chi connectivity index (χ4v) is 2.22. The van der Waals surface area contributed by atoms with Crippen molar-refractivity contribution in [2.75, 3.05) is 12.4 Å². The van der Waals surface area contributed by atoms with E-state index in [1.807, 2.05) is 0 Å². The normalized spacial score (nSPS) is 9.79. The van der Waals surface area contributed by atoms with Crippen molar-refractivity contribution in [2.45, 2.75) is 0 Å². The molecule has 0 atom stereocenters. The van der Waals surface area contributed by atoms with Crippen molar-refractivity contribution in [3.63, 3.8) is 0 Å². The molecule has 2 rings (SSSR count). The van der Waals surface area contributed by atoms with Gasteiger partial charge in [0.2, 0.25) is 0 Å². The zero-order valence-corrected chi connectivity index (χ0v) is 12.3. The van der Waals surface area contributed by atoms with Gasteiger partial charge in [0.1, 0.15) is 23.3 Å². The van der Waals surface area contributed by atoms with Gasteiger partial charge in [-0.05, 0) is 34.1 Å². The fraction of sp³-hybridized carbons (Fsp3) is 0.0769. The van der Waals surface area contributed by atoms with E-state index >= 15 is 0 Å². The summed E-state index contributed by atoms with van der Waals surface area (Å²) in [6, 6.07) is 9.02. The average molecular weight is 339 g/mol. The van der Waals surface area contributed by atoms with Gasteiger partial charge in [-0.1, -0.05) is 17.7 Å². The number of methoxy groups -OCH3 is 1. The lowest BCUT2D eigenvalue weighted by atomic mass is 10.2. The summed E-state index contributed by atoms with van der Waals surface area (Å²) in [4.78, 5) is 4.17. The number of nitriles is 1. The first-order chi connectivity index (χ1) is 9.15. The number of nitrogens with one attached hydrogen (secondary N) is 1. The molecule has 1 heterocycles. The molecule has 0 saturated heterocycles. The molecule has 0 fully saturated rings. The fourth-order valence-electron chi connectivity index (χ4n) is 1.55. The SMILES string of the molecule is COc1cccc(C#N)c1Nc1ncc(Br)cc1Cl. The van der Waals surface area contributed by atoms with Gasteiger partial charge >= 0.3 is 0 Å². The molecule has 0 unspecified atom stereocenters. The second kappa shape index (κ2) is 5.91. The number of ether oxygens (including phenoxy) is 1. The van der Waals surface area contributed by atoms with Gasteiger partial charge in [0.25, 0.3) is 0 Å². The molecule has 19 heavy (non-hydrogen) atoms. The summed E-state index contributed by atoms with van der Waals surface area (Å²) in [5, 5.41) is 12.6. The van der Waals surface area contributed by atoms with Crippen LogP contribution in [-0.2, 0) is 0 Å². The minimum atomic E-state index is 0.448. The number of pyridine rings is 1. The lowest BCUT2D eigenvalue weighted by molar-refractivity contribution is 0.416. The molecule has 0 spiro atoms. The molecular formula is C13H9BrClN3O. The van der Waals surface area contributed by atoms with Crippen LogP contribution in [0.4, 0.5) is 11.5 Å². The van der Waals surface area contributed by atoms with Gasteiger partial charge < -0.3 is 10.1 Å². The molecule has 6 heteroatoms. The number of anilines is 2. The minimum Gasteiger partial charge on any atom is -0.495 e. The van der Waals surface area contributed by atoms with Gasteiger partial charge in [0, 0.05) is 10.7 Å². The van der Waals surface area contributed by atoms with E-state index in [2.05, 4.69) is 32.3 Å². The molecule has 1 aromatic carbocycles. The zero-order valence-electron chi connectivity index (χ0n) is 9.95. The van der Waals surface area contributed by atoms with E-state index in [9.17, 15) is 0 Å². The van der Waals surface area contributed by atoms with Crippen molar-refractivity contribution in [1.29, 1.82) is 5.26 Å². The summed E-state index contributed by atoms with van der Waals surface area (Å²) in [6.07, 6.45) is 1.62. The van der Waals surface area contributed by atoms with E-state index in [1.165, 1.54) is 7.11 Å². The van der Waals surface area contributed by atoms with E-state index < -0.39 is 0 Å². The quantitative estimate of drug-likeness (QED) is 0.914. The number of benzene rings is 1. The molecule has 4 nitrogen and oxygen atoms in total. The van der Waals surface area contributed by atoms with Crippen LogP contribution < -0.4 is 10.1 Å². The molecule has 0 radical (unpaired) electrons. The van der Waals surface area contributed by atoms with E-state index in [-0.39, 0.29) is 0 Å². The first-order valence-electron chi connectivity index (χ1n) is 5.31. The van der Waals surface area contributed by atoms with Crippen molar-refractivity contribution < 1.29 is 4.74 Å². The zero-order chi connectivity index (χ0) is 13.8. The average Bonchev–Trinajstić information content (AvgIpc) is 2.42. The van der Waals surface area contributed by atoms with Gasteiger partial charge in [-0.3, -0.25) is 0 Å². The van der Waals surface area contributed by atoms with E-state index in [4.69, 9.17) is 21.6 Å². The Morgan fingerprint density at radius 2 is 2.26 bits per heavy atom. The summed E-state index contributed by atoms with van der Waals surface area (Å²) >= 11 is 9.38. The third-order valence-corrected chi connectivity index (χ3v) is 3.14. The second-order valence-electron chi connectivity index (χ2n) is 3.60. The summed E-state index contributed by atoms with van der Waals surface area (Å²) in [7, 11) is 1.54. The van der Waals surface area contributed by atoms with Crippen LogP contribution in [0.1, 0.15) is 5.56 Å². The Kier molecular flexibility index (Phi) is 4.25. The molecule has 0 aliphatic rings. The summed E-state index contributed by atoms with van der Waals surface area (Å²) in [6.45, 7) is 0. The van der Waals surface area contributed by atoms with Crippen molar-refractivity contribution in [2.24, 2.45) is 0 Å². The van der Waals surface area contributed by atoms with Crippen LogP contribution in [0, 0.1) is 11.3 Å². The van der Waals surface area contributed by atoms with Crippen LogP contribution in [0.5, 0.6) is 5.75 Å². The summed E-state index contributed by atoms with van der Waals surface area (Å²) in [5.74, 6) is 1.02. The Hall–Kier alpha value is -1.77. The largest absolute Gasteiger partial charge is 0.495 e. The van der Waals surface area contributed by atoms with Crippen LogP contribution in [-0.4, -0.2) is 12.1 Å². The molecule has 0 saturated carbocycles. The predicted molar refractivity (Wildman–Crippen MR) is 77.9 cm³/mol. The second-order valence-corrected chi connectivity index (χ2v) is 4.93. The van der Waals surface area contributed by atoms with E-state index in [0.29, 0.717) is 27.8 Å². The molecule has 1 N–H and O–H groups in total. The Bertz CT molecular complexity index is 655. The monoisotopic (exact) mass is 337 g/mol. The van der Waals surface area contributed by atoms with Crippen LogP contribution in [0.2, 0.25) is 5.02 Å². The maximum Gasteiger partial charge on any atom is 0.149 e. The number of aromatic nitrogens is 1. The Balaban J connectivity index is 2.46. The van der Waals surface area contributed by atoms with Crippen molar-refractivity contribution in [3.05, 3.63) is 45.5 Å². The smallest absolute Gasteiger partial charge is 0.149 e. The van der Waals surface area contributed by atoms with Crippen LogP contribution in [0.25, 0.3) is 0 Å². The predicted octanol–water partition coefficient (Wildman–Crippen LogP) is 4.12.